The molecular weight excluding hydrogens is 398 g/mol. The highest BCUT2D eigenvalue weighted by molar-refractivity contribution is 6.56. The lowest BCUT2D eigenvalue weighted by Crippen LogP contribution is -2.37. The largest absolute Gasteiger partial charge is 0.465 e. The van der Waals surface area contributed by atoms with Gasteiger partial charge in [0.25, 0.3) is 0 Å². The SMILES string of the molecule is [B]C([B])([B])n1nc(C23C[C@@H]2COC3=O)cc1Nc1ncc(C(F)(F)F)c(NCC)n1. The Morgan fingerprint density at radius 1 is 1.37 bits per heavy atom. The third-order valence-electron chi connectivity index (χ3n) is 5.10. The fraction of sp³-hybridized carbons (Fsp3) is 0.500. The van der Waals surface area contributed by atoms with Gasteiger partial charge in [0.1, 0.15) is 22.6 Å². The van der Waals surface area contributed by atoms with Crippen LogP contribution >= 0.6 is 0 Å². The Balaban J connectivity index is 1.71. The van der Waals surface area contributed by atoms with Gasteiger partial charge in [-0.1, -0.05) is 0 Å². The van der Waals surface area contributed by atoms with Crippen molar-refractivity contribution in [3.05, 3.63) is 23.5 Å². The van der Waals surface area contributed by atoms with E-state index >= 15 is 0 Å². The lowest BCUT2D eigenvalue weighted by atomic mass is 9.49. The summed E-state index contributed by atoms with van der Waals surface area (Å²) in [6.07, 6.45) is -3.41. The summed E-state index contributed by atoms with van der Waals surface area (Å²) >= 11 is 0. The van der Waals surface area contributed by atoms with Crippen molar-refractivity contribution < 1.29 is 22.7 Å². The van der Waals surface area contributed by atoms with Gasteiger partial charge in [-0.15, -0.1) is 0 Å². The molecule has 0 aromatic carbocycles. The first kappa shape index (κ1) is 20.6. The Morgan fingerprint density at radius 2 is 2.10 bits per heavy atom. The van der Waals surface area contributed by atoms with Crippen molar-refractivity contribution >= 4 is 47.1 Å². The lowest BCUT2D eigenvalue weighted by Gasteiger charge is -2.24. The maximum Gasteiger partial charge on any atom is 0.421 e. The molecule has 1 aliphatic heterocycles. The molecule has 1 saturated heterocycles. The van der Waals surface area contributed by atoms with Crippen LogP contribution in [0.3, 0.4) is 0 Å². The van der Waals surface area contributed by atoms with Crippen molar-refractivity contribution in [2.45, 2.75) is 30.2 Å². The molecule has 1 aliphatic carbocycles. The Morgan fingerprint density at radius 3 is 2.63 bits per heavy atom. The number of nitrogens with zero attached hydrogens (tertiary/aromatic N) is 4. The van der Waals surface area contributed by atoms with E-state index in [1.54, 1.807) is 6.92 Å². The van der Waals surface area contributed by atoms with E-state index in [9.17, 15) is 18.0 Å². The lowest BCUT2D eigenvalue weighted by molar-refractivity contribution is -0.142. The second kappa shape index (κ2) is 6.68. The highest BCUT2D eigenvalue weighted by Crippen LogP contribution is 2.59. The van der Waals surface area contributed by atoms with Crippen molar-refractivity contribution in [3.8, 4) is 0 Å². The molecule has 14 heteroatoms. The van der Waals surface area contributed by atoms with Gasteiger partial charge in [-0.05, 0) is 18.6 Å². The molecule has 2 N–H and O–H groups in total. The van der Waals surface area contributed by atoms with E-state index in [2.05, 4.69) is 25.7 Å². The van der Waals surface area contributed by atoms with Crippen molar-refractivity contribution in [2.75, 3.05) is 23.8 Å². The summed E-state index contributed by atoms with van der Waals surface area (Å²) in [5.41, 5.74) is -1.55. The summed E-state index contributed by atoms with van der Waals surface area (Å²) in [7, 11) is 17.3. The highest BCUT2D eigenvalue weighted by Gasteiger charge is 2.68. The standard InChI is InChI=1S/C16H14B3F3N6O2/c1-2-23-11-8(15(20,21)22)5-24-13(26-11)25-10-3-9(27-28(10)16(17,18)19)14-4-7(14)6-30-12(14)29/h3,5,7H,2,4,6H2,1H3,(H2,23,24,25,26)/t7-,14?/m1/s1. The zero-order valence-corrected chi connectivity index (χ0v) is 15.8. The molecule has 2 aromatic rings. The van der Waals surface area contributed by atoms with Crippen LogP contribution < -0.4 is 10.6 Å². The number of halogens is 3. The average molecular weight is 412 g/mol. The number of carbonyl (C=O) groups is 1. The Labute approximate surface area is 173 Å². The molecule has 30 heavy (non-hydrogen) atoms. The molecule has 0 amide bonds. The van der Waals surface area contributed by atoms with Gasteiger partial charge in [0.15, 0.2) is 0 Å². The molecule has 2 aromatic heterocycles. The zero-order valence-electron chi connectivity index (χ0n) is 15.8. The molecule has 2 atom stereocenters. The van der Waals surface area contributed by atoms with Crippen molar-refractivity contribution in [3.63, 3.8) is 0 Å². The van der Waals surface area contributed by atoms with Gasteiger partial charge in [0, 0.05) is 24.7 Å². The van der Waals surface area contributed by atoms with E-state index in [0.29, 0.717) is 24.9 Å². The first-order chi connectivity index (χ1) is 14.0. The van der Waals surface area contributed by atoms with Gasteiger partial charge >= 0.3 is 12.1 Å². The van der Waals surface area contributed by atoms with Gasteiger partial charge < -0.3 is 15.4 Å². The van der Waals surface area contributed by atoms with Crippen LogP contribution in [0.25, 0.3) is 0 Å². The molecule has 8 nitrogen and oxygen atoms in total. The first-order valence-electron chi connectivity index (χ1n) is 9.07. The summed E-state index contributed by atoms with van der Waals surface area (Å²) in [5.74, 6) is -0.866. The van der Waals surface area contributed by atoms with Crippen molar-refractivity contribution in [1.29, 1.82) is 0 Å². The fourth-order valence-corrected chi connectivity index (χ4v) is 3.55. The number of carbonyl (C=O) groups excluding carboxylic acids is 1. The second-order valence-corrected chi connectivity index (χ2v) is 7.29. The summed E-state index contributed by atoms with van der Waals surface area (Å²) in [4.78, 5) is 19.8. The molecule has 3 heterocycles. The van der Waals surface area contributed by atoms with Crippen LogP contribution in [-0.2, 0) is 26.4 Å². The van der Waals surface area contributed by atoms with Gasteiger partial charge in [-0.25, -0.2) is 4.98 Å². The van der Waals surface area contributed by atoms with Crippen molar-refractivity contribution in [1.82, 2.24) is 19.7 Å². The maximum atomic E-state index is 13.2. The van der Waals surface area contributed by atoms with Crippen LogP contribution in [0.15, 0.2) is 12.3 Å². The van der Waals surface area contributed by atoms with E-state index in [4.69, 9.17) is 28.3 Å². The number of esters is 1. The van der Waals surface area contributed by atoms with Gasteiger partial charge in [-0.2, -0.15) is 23.3 Å². The van der Waals surface area contributed by atoms with E-state index in [1.807, 2.05) is 0 Å². The minimum atomic E-state index is -4.63. The van der Waals surface area contributed by atoms with Gasteiger partial charge in [0.05, 0.1) is 35.8 Å². The molecule has 1 unspecified atom stereocenters. The molecule has 2 aliphatic rings. The second-order valence-electron chi connectivity index (χ2n) is 7.29. The van der Waals surface area contributed by atoms with Crippen molar-refractivity contribution in [2.24, 2.45) is 5.92 Å². The third-order valence-corrected chi connectivity index (χ3v) is 5.10. The smallest absolute Gasteiger partial charge is 0.421 e. The zero-order chi connectivity index (χ0) is 21.9. The number of aromatic nitrogens is 4. The Kier molecular flexibility index (Phi) is 4.59. The molecule has 6 radical (unpaired) electrons. The molecule has 0 bridgehead atoms. The number of hydrogen-bond acceptors (Lipinski definition) is 7. The van der Waals surface area contributed by atoms with Gasteiger partial charge in [-0.3, -0.25) is 9.48 Å². The monoisotopic (exact) mass is 412 g/mol. The molecule has 1 saturated carbocycles. The normalized spacial score (nSPS) is 23.1. The predicted molar refractivity (Wildman–Crippen MR) is 103 cm³/mol. The molecule has 150 valence electrons. The minimum absolute atomic E-state index is 0.00778. The van der Waals surface area contributed by atoms with Crippen LogP contribution in [0, 0.1) is 5.92 Å². The number of hydrogen-bond donors (Lipinski definition) is 2. The topological polar surface area (TPSA) is 94.0 Å². The van der Waals surface area contributed by atoms with E-state index in [-0.39, 0.29) is 24.2 Å². The highest BCUT2D eigenvalue weighted by atomic mass is 19.4. The van der Waals surface area contributed by atoms with Crippen LogP contribution in [0.2, 0.25) is 0 Å². The predicted octanol–water partition coefficient (Wildman–Crippen LogP) is 0.755. The number of cyclic esters (lactones) is 1. The summed E-state index contributed by atoms with van der Waals surface area (Å²) in [5, 5.41) is 7.59. The van der Waals surface area contributed by atoms with E-state index in [1.165, 1.54) is 6.07 Å². The summed E-state index contributed by atoms with van der Waals surface area (Å²) in [6.45, 7) is 2.14. The molecule has 2 fully saturated rings. The van der Waals surface area contributed by atoms with Crippen LogP contribution in [0.1, 0.15) is 24.6 Å². The Bertz CT molecular complexity index is 1010. The fourth-order valence-electron chi connectivity index (χ4n) is 3.55. The number of fused-ring (bicyclic) bond motifs is 1. The quantitative estimate of drug-likeness (QED) is 0.535. The van der Waals surface area contributed by atoms with Gasteiger partial charge in [0.2, 0.25) is 5.95 Å². The number of rotatable bonds is 6. The number of anilines is 3. The average Bonchev–Trinajstić information content (AvgIpc) is 3.06. The summed E-state index contributed by atoms with van der Waals surface area (Å²) in [6, 6.07) is 1.49. The number of alkyl halides is 3. The van der Waals surface area contributed by atoms with Crippen LogP contribution in [0.4, 0.5) is 30.8 Å². The third kappa shape index (κ3) is 3.31. The van der Waals surface area contributed by atoms with E-state index in [0.717, 1.165) is 4.68 Å². The first-order valence-corrected chi connectivity index (χ1v) is 9.07. The van der Waals surface area contributed by atoms with Crippen LogP contribution in [0.5, 0.6) is 0 Å². The molecule has 4 rings (SSSR count). The molecule has 0 spiro atoms. The summed E-state index contributed by atoms with van der Waals surface area (Å²) < 4.78 is 45.6. The minimum Gasteiger partial charge on any atom is -0.465 e. The molecular formula is C16H14B3F3N6O2. The Hall–Kier alpha value is -2.66. The van der Waals surface area contributed by atoms with Crippen LogP contribution in [-0.4, -0.2) is 62.4 Å². The number of ether oxygens (including phenoxy) is 1. The number of nitrogens with one attached hydrogen (secondary N) is 2. The van der Waals surface area contributed by atoms with E-state index < -0.39 is 34.2 Å². The maximum absolute atomic E-state index is 13.2.